The van der Waals surface area contributed by atoms with Crippen molar-refractivity contribution < 1.29 is 4.39 Å². The number of unbranched alkanes of at least 4 members (excludes halogenated alkanes) is 1. The predicted molar refractivity (Wildman–Crippen MR) is 78.1 cm³/mol. The zero-order chi connectivity index (χ0) is 13.5. The molecule has 0 fully saturated rings. The van der Waals surface area contributed by atoms with Crippen LogP contribution in [0.15, 0.2) is 22.7 Å². The highest BCUT2D eigenvalue weighted by atomic mass is 79.9. The van der Waals surface area contributed by atoms with E-state index in [2.05, 4.69) is 34.7 Å². The number of nitrogens with zero attached hydrogens (tertiary/aromatic N) is 1. The van der Waals surface area contributed by atoms with Gasteiger partial charge in [-0.05, 0) is 31.6 Å². The summed E-state index contributed by atoms with van der Waals surface area (Å²) in [5, 5.41) is 0. The molecule has 0 aliphatic rings. The van der Waals surface area contributed by atoms with Crippen LogP contribution >= 0.6 is 15.9 Å². The van der Waals surface area contributed by atoms with Gasteiger partial charge in [-0.25, -0.2) is 4.39 Å². The monoisotopic (exact) mass is 316 g/mol. The first-order chi connectivity index (χ1) is 8.63. The second-order valence-corrected chi connectivity index (χ2v) is 5.32. The standard InChI is InChI=1S/C14H22BrFN2/c1-3-5-8-18(4-2)14(10-17)12-7-6-11(15)9-13(12)16/h6-7,9,14H,3-5,8,10,17H2,1-2H3. The zero-order valence-corrected chi connectivity index (χ0v) is 12.7. The molecule has 2 nitrogen and oxygen atoms in total. The predicted octanol–water partition coefficient (Wildman–Crippen LogP) is 3.71. The lowest BCUT2D eigenvalue weighted by atomic mass is 10.0. The average Bonchev–Trinajstić information content (AvgIpc) is 2.36. The molecule has 0 aliphatic carbocycles. The van der Waals surface area contributed by atoms with E-state index in [1.54, 1.807) is 0 Å². The number of benzene rings is 1. The molecule has 102 valence electrons. The lowest BCUT2D eigenvalue weighted by molar-refractivity contribution is 0.205. The Morgan fingerprint density at radius 2 is 2.11 bits per heavy atom. The van der Waals surface area contributed by atoms with Gasteiger partial charge in [-0.2, -0.15) is 0 Å². The summed E-state index contributed by atoms with van der Waals surface area (Å²) >= 11 is 3.28. The van der Waals surface area contributed by atoms with Crippen LogP contribution in [0.1, 0.15) is 38.3 Å². The molecule has 0 saturated heterocycles. The molecule has 4 heteroatoms. The Labute approximate surface area is 117 Å². The first-order valence-corrected chi connectivity index (χ1v) is 7.32. The topological polar surface area (TPSA) is 29.3 Å². The largest absolute Gasteiger partial charge is 0.329 e. The minimum Gasteiger partial charge on any atom is -0.329 e. The van der Waals surface area contributed by atoms with Crippen molar-refractivity contribution in [3.8, 4) is 0 Å². The van der Waals surface area contributed by atoms with Gasteiger partial charge >= 0.3 is 0 Å². The maximum Gasteiger partial charge on any atom is 0.129 e. The number of nitrogens with two attached hydrogens (primary N) is 1. The van der Waals surface area contributed by atoms with Crippen LogP contribution in [0.5, 0.6) is 0 Å². The Morgan fingerprint density at radius 3 is 2.61 bits per heavy atom. The molecule has 0 aromatic heterocycles. The molecule has 0 saturated carbocycles. The Balaban J connectivity index is 2.92. The van der Waals surface area contributed by atoms with Gasteiger partial charge in [0.2, 0.25) is 0 Å². The van der Waals surface area contributed by atoms with Gasteiger partial charge in [0, 0.05) is 22.6 Å². The molecule has 1 aromatic rings. The summed E-state index contributed by atoms with van der Waals surface area (Å²) in [4.78, 5) is 2.25. The van der Waals surface area contributed by atoms with Crippen molar-refractivity contribution in [2.75, 3.05) is 19.6 Å². The third-order valence-corrected chi connectivity index (χ3v) is 3.68. The fourth-order valence-corrected chi connectivity index (χ4v) is 2.47. The van der Waals surface area contributed by atoms with Crippen molar-refractivity contribution in [3.63, 3.8) is 0 Å². The van der Waals surface area contributed by atoms with Crippen LogP contribution < -0.4 is 5.73 Å². The fraction of sp³-hybridized carbons (Fsp3) is 0.571. The third-order valence-electron chi connectivity index (χ3n) is 3.19. The maximum absolute atomic E-state index is 14.0. The highest BCUT2D eigenvalue weighted by Crippen LogP contribution is 2.25. The van der Waals surface area contributed by atoms with Gasteiger partial charge < -0.3 is 5.73 Å². The summed E-state index contributed by atoms with van der Waals surface area (Å²) in [6, 6.07) is 5.17. The second-order valence-electron chi connectivity index (χ2n) is 4.40. The number of rotatable bonds is 7. The average molecular weight is 317 g/mol. The van der Waals surface area contributed by atoms with Crippen molar-refractivity contribution in [1.29, 1.82) is 0 Å². The van der Waals surface area contributed by atoms with E-state index in [0.29, 0.717) is 12.1 Å². The van der Waals surface area contributed by atoms with Crippen molar-refractivity contribution in [3.05, 3.63) is 34.1 Å². The second kappa shape index (κ2) is 7.87. The summed E-state index contributed by atoms with van der Waals surface area (Å²) in [5.74, 6) is -0.185. The van der Waals surface area contributed by atoms with Crippen LogP contribution in [0, 0.1) is 5.82 Å². The summed E-state index contributed by atoms with van der Waals surface area (Å²) in [5.41, 5.74) is 6.53. The summed E-state index contributed by atoms with van der Waals surface area (Å²) in [6.45, 7) is 6.54. The van der Waals surface area contributed by atoms with E-state index in [-0.39, 0.29) is 11.9 Å². The minimum absolute atomic E-state index is 0.0327. The van der Waals surface area contributed by atoms with Gasteiger partial charge in [0.05, 0.1) is 0 Å². The Bertz CT molecular complexity index is 371. The first-order valence-electron chi connectivity index (χ1n) is 6.53. The SMILES string of the molecule is CCCCN(CC)C(CN)c1ccc(Br)cc1F. The van der Waals surface area contributed by atoms with E-state index < -0.39 is 0 Å². The number of halogens is 2. The molecule has 1 aromatic carbocycles. The molecule has 1 unspecified atom stereocenters. The van der Waals surface area contributed by atoms with Crippen LogP contribution in [0.3, 0.4) is 0 Å². The Kier molecular flexibility index (Phi) is 6.82. The number of likely N-dealkylation sites (N-methyl/N-ethyl adjacent to an activating group) is 1. The Hall–Kier alpha value is -0.450. The molecule has 0 aliphatic heterocycles. The molecule has 2 N–H and O–H groups in total. The van der Waals surface area contributed by atoms with Gasteiger partial charge in [0.15, 0.2) is 0 Å². The fourth-order valence-electron chi connectivity index (χ4n) is 2.14. The number of hydrogen-bond acceptors (Lipinski definition) is 2. The highest BCUT2D eigenvalue weighted by Gasteiger charge is 2.20. The van der Waals surface area contributed by atoms with Gasteiger partial charge in [-0.15, -0.1) is 0 Å². The summed E-state index contributed by atoms with van der Waals surface area (Å²) < 4.78 is 14.8. The van der Waals surface area contributed by atoms with Crippen LogP contribution in [0.4, 0.5) is 4.39 Å². The van der Waals surface area contributed by atoms with E-state index in [0.717, 1.165) is 30.4 Å². The van der Waals surface area contributed by atoms with Crippen molar-refractivity contribution in [2.24, 2.45) is 5.73 Å². The normalized spacial score (nSPS) is 13.0. The molecule has 0 spiro atoms. The quantitative estimate of drug-likeness (QED) is 0.831. The first kappa shape index (κ1) is 15.6. The van der Waals surface area contributed by atoms with E-state index in [1.807, 2.05) is 12.1 Å². The van der Waals surface area contributed by atoms with Crippen LogP contribution in [-0.2, 0) is 0 Å². The van der Waals surface area contributed by atoms with Gasteiger partial charge in [-0.1, -0.05) is 42.3 Å². The molecule has 0 amide bonds. The molecule has 0 heterocycles. The summed E-state index contributed by atoms with van der Waals surface area (Å²) in [6.07, 6.45) is 2.25. The van der Waals surface area contributed by atoms with Gasteiger partial charge in [0.1, 0.15) is 5.82 Å². The molecule has 0 bridgehead atoms. The van der Waals surface area contributed by atoms with Crippen LogP contribution in [0.25, 0.3) is 0 Å². The van der Waals surface area contributed by atoms with E-state index in [4.69, 9.17) is 5.73 Å². The molecule has 18 heavy (non-hydrogen) atoms. The molecule has 0 radical (unpaired) electrons. The van der Waals surface area contributed by atoms with Crippen LogP contribution in [0.2, 0.25) is 0 Å². The van der Waals surface area contributed by atoms with E-state index in [9.17, 15) is 4.39 Å². The lowest BCUT2D eigenvalue weighted by Crippen LogP contribution is -2.35. The van der Waals surface area contributed by atoms with Gasteiger partial charge in [-0.3, -0.25) is 4.90 Å². The smallest absolute Gasteiger partial charge is 0.129 e. The lowest BCUT2D eigenvalue weighted by Gasteiger charge is -2.30. The number of hydrogen-bond donors (Lipinski definition) is 1. The van der Waals surface area contributed by atoms with Crippen molar-refractivity contribution in [2.45, 2.75) is 32.7 Å². The molecule has 1 atom stereocenters. The highest BCUT2D eigenvalue weighted by molar-refractivity contribution is 9.10. The van der Waals surface area contributed by atoms with Crippen molar-refractivity contribution >= 4 is 15.9 Å². The van der Waals surface area contributed by atoms with Gasteiger partial charge in [0.25, 0.3) is 0 Å². The Morgan fingerprint density at radius 1 is 1.39 bits per heavy atom. The minimum atomic E-state index is -0.185. The molecular formula is C14H22BrFN2. The van der Waals surface area contributed by atoms with Crippen LogP contribution in [-0.4, -0.2) is 24.5 Å². The zero-order valence-electron chi connectivity index (χ0n) is 11.1. The molecule has 1 rings (SSSR count). The third kappa shape index (κ3) is 4.04. The van der Waals surface area contributed by atoms with E-state index >= 15 is 0 Å². The summed E-state index contributed by atoms with van der Waals surface area (Å²) in [7, 11) is 0. The molecular weight excluding hydrogens is 295 g/mol. The van der Waals surface area contributed by atoms with Crippen molar-refractivity contribution in [1.82, 2.24) is 4.90 Å². The maximum atomic E-state index is 14.0. The van der Waals surface area contributed by atoms with E-state index in [1.165, 1.54) is 6.07 Å².